The van der Waals surface area contributed by atoms with Crippen molar-refractivity contribution in [3.8, 4) is 11.5 Å². The van der Waals surface area contributed by atoms with Gasteiger partial charge in [-0.2, -0.15) is 4.98 Å². The Morgan fingerprint density at radius 1 is 1.06 bits per heavy atom. The molecule has 1 aromatic carbocycles. The van der Waals surface area contributed by atoms with Crippen molar-refractivity contribution in [2.75, 3.05) is 26.3 Å². The van der Waals surface area contributed by atoms with Gasteiger partial charge in [-0.05, 0) is 56.4 Å². The Morgan fingerprint density at radius 2 is 1.61 bits per heavy atom. The maximum atomic E-state index is 12.9. The van der Waals surface area contributed by atoms with Gasteiger partial charge in [-0.25, -0.2) is 4.39 Å². The van der Waals surface area contributed by atoms with Gasteiger partial charge in [0, 0.05) is 31.9 Å². The fraction of sp³-hybridized carbons (Fsp3) is 0.630. The molecule has 0 saturated carbocycles. The summed E-state index contributed by atoms with van der Waals surface area (Å²) in [5.41, 5.74) is 0.511. The van der Waals surface area contributed by atoms with E-state index in [1.54, 1.807) is 6.92 Å². The van der Waals surface area contributed by atoms with Gasteiger partial charge >= 0.3 is 0 Å². The molecule has 4 rings (SSSR count). The Labute approximate surface area is 216 Å². The van der Waals surface area contributed by atoms with Crippen LogP contribution in [-0.2, 0) is 9.53 Å². The normalized spacial score (nSPS) is 16.4. The lowest BCUT2D eigenvalue weighted by molar-refractivity contribution is -0.127. The maximum absolute atomic E-state index is 12.9. The zero-order valence-electron chi connectivity index (χ0n) is 23.3. The smallest absolute Gasteiger partial charge is 0.296 e. The second kappa shape index (κ2) is 19.4. The molecule has 0 bridgehead atoms. The minimum absolute atomic E-state index is 0.123. The molecule has 2 aliphatic heterocycles. The molecule has 0 radical (unpaired) electrons. The summed E-state index contributed by atoms with van der Waals surface area (Å²) >= 11 is 0. The van der Waals surface area contributed by atoms with Crippen LogP contribution in [0.25, 0.3) is 11.5 Å². The second-order valence-electron chi connectivity index (χ2n) is 8.30. The number of nitrogens with one attached hydrogen (secondary N) is 1. The Hall–Kier alpha value is -2.81. The lowest BCUT2D eigenvalue weighted by Crippen LogP contribution is -2.56. The molecule has 2 saturated heterocycles. The summed E-state index contributed by atoms with van der Waals surface area (Å²) in [6, 6.07) is 4.90. The molecule has 1 N–H and O–H groups in total. The number of amides is 2. The maximum Gasteiger partial charge on any atom is 0.296 e. The van der Waals surface area contributed by atoms with Gasteiger partial charge in [0.1, 0.15) is 11.9 Å². The SMILES string of the molecule is C1CCOCC1.CC.CC.CC(C)C.CC1C(=O)NCCN1C(=O)c1noc(-c2ccc(F)cc2)n1. The van der Waals surface area contributed by atoms with Crippen LogP contribution < -0.4 is 5.32 Å². The number of carbonyl (C=O) groups is 2. The van der Waals surface area contributed by atoms with Crippen LogP contribution in [0.5, 0.6) is 0 Å². The van der Waals surface area contributed by atoms with Crippen molar-refractivity contribution in [2.45, 2.75) is 80.7 Å². The molecule has 1 aromatic heterocycles. The van der Waals surface area contributed by atoms with Crippen molar-refractivity contribution < 1.29 is 23.2 Å². The van der Waals surface area contributed by atoms with Gasteiger partial charge in [0.15, 0.2) is 0 Å². The topological polar surface area (TPSA) is 97.6 Å². The molecule has 1 atom stereocenters. The minimum Gasteiger partial charge on any atom is -0.381 e. The van der Waals surface area contributed by atoms with E-state index in [1.807, 2.05) is 27.7 Å². The number of rotatable bonds is 2. The first kappa shape index (κ1) is 33.2. The molecule has 36 heavy (non-hydrogen) atoms. The highest BCUT2D eigenvalue weighted by molar-refractivity contribution is 5.95. The Kier molecular flexibility index (Phi) is 17.9. The Bertz CT molecular complexity index is 837. The first-order chi connectivity index (χ1) is 17.3. The predicted molar refractivity (Wildman–Crippen MR) is 141 cm³/mol. The van der Waals surface area contributed by atoms with Crippen molar-refractivity contribution in [3.63, 3.8) is 0 Å². The van der Waals surface area contributed by atoms with Crippen LogP contribution in [0.1, 0.15) is 85.3 Å². The highest BCUT2D eigenvalue weighted by atomic mass is 19.1. The summed E-state index contributed by atoms with van der Waals surface area (Å²) in [6.45, 7) is 18.9. The molecule has 2 amide bonds. The van der Waals surface area contributed by atoms with E-state index in [9.17, 15) is 14.0 Å². The van der Waals surface area contributed by atoms with E-state index in [4.69, 9.17) is 9.26 Å². The highest BCUT2D eigenvalue weighted by Crippen LogP contribution is 2.18. The molecule has 2 aromatic rings. The first-order valence-electron chi connectivity index (χ1n) is 13.1. The van der Waals surface area contributed by atoms with E-state index in [0.29, 0.717) is 18.7 Å². The number of nitrogens with zero attached hydrogens (tertiary/aromatic N) is 3. The van der Waals surface area contributed by atoms with Gasteiger partial charge in [-0.15, -0.1) is 0 Å². The summed E-state index contributed by atoms with van der Waals surface area (Å²) in [6.07, 6.45) is 3.93. The number of hydrogen-bond acceptors (Lipinski definition) is 6. The van der Waals surface area contributed by atoms with Crippen LogP contribution in [0.2, 0.25) is 0 Å². The van der Waals surface area contributed by atoms with Crippen molar-refractivity contribution in [1.82, 2.24) is 20.4 Å². The monoisotopic (exact) mass is 508 g/mol. The van der Waals surface area contributed by atoms with Gasteiger partial charge < -0.3 is 19.5 Å². The van der Waals surface area contributed by atoms with Crippen LogP contribution in [0.15, 0.2) is 28.8 Å². The van der Waals surface area contributed by atoms with Crippen LogP contribution in [0, 0.1) is 11.7 Å². The fourth-order valence-electron chi connectivity index (χ4n) is 2.90. The molecule has 2 fully saturated rings. The van der Waals surface area contributed by atoms with Gasteiger partial charge in [0.2, 0.25) is 5.91 Å². The van der Waals surface area contributed by atoms with Gasteiger partial charge in [0.05, 0.1) is 0 Å². The molecule has 0 spiro atoms. The van der Waals surface area contributed by atoms with E-state index >= 15 is 0 Å². The van der Waals surface area contributed by atoms with Crippen molar-refractivity contribution >= 4 is 11.8 Å². The van der Waals surface area contributed by atoms with E-state index in [0.717, 1.165) is 19.1 Å². The molecular formula is C27H45FN4O4. The molecule has 2 aliphatic rings. The van der Waals surface area contributed by atoms with Crippen molar-refractivity contribution in [1.29, 1.82) is 0 Å². The molecule has 3 heterocycles. The Morgan fingerprint density at radius 3 is 2.08 bits per heavy atom. The molecular weight excluding hydrogens is 463 g/mol. The number of ether oxygens (including phenoxy) is 1. The summed E-state index contributed by atoms with van der Waals surface area (Å²) in [5, 5.41) is 6.32. The van der Waals surface area contributed by atoms with Crippen molar-refractivity contribution in [2.24, 2.45) is 5.92 Å². The lowest BCUT2D eigenvalue weighted by atomic mass is 10.2. The van der Waals surface area contributed by atoms with Crippen LogP contribution >= 0.6 is 0 Å². The van der Waals surface area contributed by atoms with Crippen molar-refractivity contribution in [3.05, 3.63) is 35.9 Å². The predicted octanol–water partition coefficient (Wildman–Crippen LogP) is 5.74. The largest absolute Gasteiger partial charge is 0.381 e. The molecule has 0 aliphatic carbocycles. The summed E-state index contributed by atoms with van der Waals surface area (Å²) in [7, 11) is 0. The van der Waals surface area contributed by atoms with Crippen LogP contribution in [0.3, 0.4) is 0 Å². The summed E-state index contributed by atoms with van der Waals surface area (Å²) in [4.78, 5) is 29.4. The van der Waals surface area contributed by atoms with E-state index in [1.165, 1.54) is 48.4 Å². The number of halogens is 1. The van der Waals surface area contributed by atoms with Crippen LogP contribution in [0.4, 0.5) is 4.39 Å². The standard InChI is InChI=1S/C14H13FN4O3.C5H10O.C4H10.2C2H6/c1-8-12(20)16-6-7-19(8)14(21)11-17-13(22-18-11)9-2-4-10(15)5-3-9;1-2-4-6-5-3-1;1-4(2)3;2*1-2/h2-5,8H,6-7H2,1H3,(H,16,20);1-5H2;4H,1-3H3;2*1-2H3. The zero-order valence-corrected chi connectivity index (χ0v) is 23.3. The van der Waals surface area contributed by atoms with E-state index in [2.05, 4.69) is 36.2 Å². The van der Waals surface area contributed by atoms with Gasteiger partial charge in [-0.1, -0.05) is 53.6 Å². The quantitative estimate of drug-likeness (QED) is 0.556. The average Bonchev–Trinajstić information content (AvgIpc) is 3.40. The third-order valence-corrected chi connectivity index (χ3v) is 4.55. The third kappa shape index (κ3) is 12.2. The van der Waals surface area contributed by atoms with E-state index in [-0.39, 0.29) is 23.4 Å². The Balaban J connectivity index is 0.000000723. The molecule has 1 unspecified atom stereocenters. The van der Waals surface area contributed by atoms with Gasteiger partial charge in [-0.3, -0.25) is 9.59 Å². The number of aromatic nitrogens is 2. The van der Waals surface area contributed by atoms with Crippen LogP contribution in [-0.4, -0.2) is 59.2 Å². The summed E-state index contributed by atoms with van der Waals surface area (Å²) < 4.78 is 23.0. The number of piperazine rings is 1. The average molecular weight is 509 g/mol. The lowest BCUT2D eigenvalue weighted by Gasteiger charge is -2.31. The van der Waals surface area contributed by atoms with Gasteiger partial charge in [0.25, 0.3) is 17.6 Å². The number of carbonyl (C=O) groups excluding carboxylic acids is 2. The third-order valence-electron chi connectivity index (χ3n) is 4.55. The molecule has 8 nitrogen and oxygen atoms in total. The highest BCUT2D eigenvalue weighted by Gasteiger charge is 2.32. The molecule has 204 valence electrons. The fourth-order valence-corrected chi connectivity index (χ4v) is 2.90. The number of hydrogen-bond donors (Lipinski definition) is 1. The number of benzene rings is 1. The summed E-state index contributed by atoms with van der Waals surface area (Å²) in [5.74, 6) is -0.243. The first-order valence-corrected chi connectivity index (χ1v) is 13.1. The molecule has 9 heteroatoms. The van der Waals surface area contributed by atoms with E-state index < -0.39 is 11.9 Å². The second-order valence-corrected chi connectivity index (χ2v) is 8.30. The zero-order chi connectivity index (χ0) is 27.5. The minimum atomic E-state index is -0.589.